The topological polar surface area (TPSA) is 50.7 Å². The van der Waals surface area contributed by atoms with E-state index in [1.807, 2.05) is 6.92 Å². The Morgan fingerprint density at radius 1 is 1.16 bits per heavy atom. The number of alkyl halides is 3. The fraction of sp³-hybridized carbons (Fsp3) is 0.364. The second-order valence-corrected chi connectivity index (χ2v) is 8.76. The van der Waals surface area contributed by atoms with Gasteiger partial charge in [-0.1, -0.05) is 59.4 Å². The smallest absolute Gasteiger partial charge is 0.377 e. The van der Waals surface area contributed by atoms with E-state index in [4.69, 9.17) is 39.6 Å². The van der Waals surface area contributed by atoms with Crippen molar-refractivity contribution in [2.75, 3.05) is 11.9 Å². The molecule has 172 valence electrons. The molecule has 0 aromatic heterocycles. The highest BCUT2D eigenvalue weighted by molar-refractivity contribution is 6.34. The van der Waals surface area contributed by atoms with Crippen LogP contribution in [0.15, 0.2) is 41.6 Å². The van der Waals surface area contributed by atoms with Gasteiger partial charge in [0.15, 0.2) is 5.78 Å². The molecular formula is C22H20Cl3F3N2O2. The number of Topliss-reactive ketones (excluding diaryl/α,β-unsaturated/α-hetero) is 1. The van der Waals surface area contributed by atoms with Crippen LogP contribution in [0.25, 0.3) is 0 Å². The number of halogens is 6. The lowest BCUT2D eigenvalue weighted by Crippen LogP contribution is -2.42. The van der Waals surface area contributed by atoms with Gasteiger partial charge in [0.2, 0.25) is 0 Å². The Balaban J connectivity index is 1.86. The molecular weight excluding hydrogens is 488 g/mol. The highest BCUT2D eigenvalue weighted by Crippen LogP contribution is 2.49. The first-order valence-electron chi connectivity index (χ1n) is 9.89. The highest BCUT2D eigenvalue weighted by Gasteiger charge is 2.62. The molecule has 0 aliphatic carbocycles. The SMILES string of the molecule is CCCCC(=O)CNc1cc(C2=NOC(c3cc(Cl)cc(Cl)c3)(C(F)(F)F)C2)ccc1Cl. The van der Waals surface area contributed by atoms with Crippen LogP contribution in [0.4, 0.5) is 18.9 Å². The molecule has 1 aliphatic rings. The maximum atomic E-state index is 14.2. The summed E-state index contributed by atoms with van der Waals surface area (Å²) in [4.78, 5) is 17.0. The minimum absolute atomic E-state index is 0.0174. The number of hydrogen-bond donors (Lipinski definition) is 1. The molecule has 1 N–H and O–H groups in total. The van der Waals surface area contributed by atoms with Gasteiger partial charge in [-0.05, 0) is 36.8 Å². The number of hydrogen-bond acceptors (Lipinski definition) is 4. The van der Waals surface area contributed by atoms with Crippen molar-refractivity contribution in [2.24, 2.45) is 5.16 Å². The first kappa shape index (κ1) is 24.7. The van der Waals surface area contributed by atoms with Crippen molar-refractivity contribution in [3.63, 3.8) is 0 Å². The first-order chi connectivity index (χ1) is 15.1. The largest absolute Gasteiger partial charge is 0.435 e. The summed E-state index contributed by atoms with van der Waals surface area (Å²) in [6.07, 6.45) is -3.23. The van der Waals surface area contributed by atoms with Gasteiger partial charge in [0.05, 0.1) is 23.0 Å². The lowest BCUT2D eigenvalue weighted by atomic mass is 9.86. The Morgan fingerprint density at radius 2 is 1.84 bits per heavy atom. The molecule has 1 aliphatic heterocycles. The number of oxime groups is 1. The van der Waals surface area contributed by atoms with E-state index in [2.05, 4.69) is 10.5 Å². The molecule has 4 nitrogen and oxygen atoms in total. The van der Waals surface area contributed by atoms with E-state index in [-0.39, 0.29) is 33.6 Å². The van der Waals surface area contributed by atoms with Gasteiger partial charge in [0.25, 0.3) is 5.60 Å². The zero-order chi connectivity index (χ0) is 23.5. The van der Waals surface area contributed by atoms with Gasteiger partial charge < -0.3 is 10.2 Å². The van der Waals surface area contributed by atoms with Crippen molar-refractivity contribution in [3.05, 3.63) is 62.6 Å². The molecule has 0 bridgehead atoms. The highest BCUT2D eigenvalue weighted by atomic mass is 35.5. The van der Waals surface area contributed by atoms with Crippen molar-refractivity contribution in [1.29, 1.82) is 0 Å². The number of anilines is 1. The fourth-order valence-corrected chi connectivity index (χ4v) is 4.05. The van der Waals surface area contributed by atoms with Crippen molar-refractivity contribution >= 4 is 52.0 Å². The molecule has 2 aromatic carbocycles. The minimum atomic E-state index is -4.79. The van der Waals surface area contributed by atoms with Crippen LogP contribution >= 0.6 is 34.8 Å². The number of carbonyl (C=O) groups excluding carboxylic acids is 1. The molecule has 3 rings (SSSR count). The predicted octanol–water partition coefficient (Wildman–Crippen LogP) is 7.40. The molecule has 32 heavy (non-hydrogen) atoms. The van der Waals surface area contributed by atoms with E-state index in [0.717, 1.165) is 25.0 Å². The lowest BCUT2D eigenvalue weighted by Gasteiger charge is -2.29. The zero-order valence-corrected chi connectivity index (χ0v) is 19.3. The Morgan fingerprint density at radius 3 is 2.47 bits per heavy atom. The third-order valence-corrected chi connectivity index (χ3v) is 5.87. The van der Waals surface area contributed by atoms with Crippen LogP contribution in [0.1, 0.15) is 43.7 Å². The number of ketones is 1. The van der Waals surface area contributed by atoms with Gasteiger partial charge in [-0.25, -0.2) is 0 Å². The Kier molecular flexibility index (Phi) is 7.63. The summed E-state index contributed by atoms with van der Waals surface area (Å²) in [6.45, 7) is 2.06. The average Bonchev–Trinajstić information content (AvgIpc) is 3.18. The molecule has 2 aromatic rings. The second kappa shape index (κ2) is 9.89. The molecule has 0 saturated carbocycles. The van der Waals surface area contributed by atoms with E-state index in [1.54, 1.807) is 12.1 Å². The van der Waals surface area contributed by atoms with Crippen LogP contribution in [-0.2, 0) is 15.2 Å². The van der Waals surface area contributed by atoms with Crippen molar-refractivity contribution < 1.29 is 22.8 Å². The molecule has 1 unspecified atom stereocenters. The normalized spacial score (nSPS) is 18.3. The van der Waals surface area contributed by atoms with Gasteiger partial charge >= 0.3 is 6.18 Å². The van der Waals surface area contributed by atoms with Crippen molar-refractivity contribution in [1.82, 2.24) is 0 Å². The fourth-order valence-electron chi connectivity index (χ4n) is 3.34. The van der Waals surface area contributed by atoms with E-state index < -0.39 is 18.2 Å². The lowest BCUT2D eigenvalue weighted by molar-refractivity contribution is -0.275. The number of unbranched alkanes of at least 4 members (excludes halogenated alkanes) is 1. The maximum Gasteiger partial charge on any atom is 0.435 e. The van der Waals surface area contributed by atoms with Crippen LogP contribution in [0.3, 0.4) is 0 Å². The molecule has 1 atom stereocenters. The molecule has 0 radical (unpaired) electrons. The second-order valence-electron chi connectivity index (χ2n) is 7.48. The average molecular weight is 508 g/mol. The van der Waals surface area contributed by atoms with Gasteiger partial charge in [0.1, 0.15) is 0 Å². The van der Waals surface area contributed by atoms with E-state index >= 15 is 0 Å². The molecule has 0 saturated heterocycles. The van der Waals surface area contributed by atoms with Crippen molar-refractivity contribution in [3.8, 4) is 0 Å². The summed E-state index contributed by atoms with van der Waals surface area (Å²) in [5.41, 5.74) is -2.07. The Hall–Kier alpha value is -1.96. The monoisotopic (exact) mass is 506 g/mol. The summed E-state index contributed by atoms with van der Waals surface area (Å²) in [5, 5.41) is 7.13. The van der Waals surface area contributed by atoms with E-state index in [1.165, 1.54) is 12.1 Å². The van der Waals surface area contributed by atoms with Crippen molar-refractivity contribution in [2.45, 2.75) is 44.4 Å². The van der Waals surface area contributed by atoms with Gasteiger partial charge in [-0.3, -0.25) is 4.79 Å². The number of benzene rings is 2. The quantitative estimate of drug-likeness (QED) is 0.405. The molecule has 0 amide bonds. The Bertz CT molecular complexity index is 1020. The van der Waals surface area contributed by atoms with Gasteiger partial charge in [-0.2, -0.15) is 13.2 Å². The molecule has 10 heteroatoms. The minimum Gasteiger partial charge on any atom is -0.377 e. The number of nitrogens with zero attached hydrogens (tertiary/aromatic N) is 1. The Labute approximate surface area is 198 Å². The summed E-state index contributed by atoms with van der Waals surface area (Å²) >= 11 is 18.1. The molecule has 1 heterocycles. The van der Waals surface area contributed by atoms with Gasteiger partial charge in [0, 0.05) is 34.0 Å². The summed E-state index contributed by atoms with van der Waals surface area (Å²) in [6, 6.07) is 8.29. The number of carbonyl (C=O) groups is 1. The third-order valence-electron chi connectivity index (χ3n) is 5.10. The zero-order valence-electron chi connectivity index (χ0n) is 17.0. The molecule has 0 fully saturated rings. The van der Waals surface area contributed by atoms with Crippen LogP contribution in [0.5, 0.6) is 0 Å². The third kappa shape index (κ3) is 5.33. The summed E-state index contributed by atoms with van der Waals surface area (Å²) < 4.78 is 42.5. The van der Waals surface area contributed by atoms with E-state index in [9.17, 15) is 18.0 Å². The summed E-state index contributed by atoms with van der Waals surface area (Å²) in [7, 11) is 0. The van der Waals surface area contributed by atoms with Crippen LogP contribution in [-0.4, -0.2) is 24.2 Å². The van der Waals surface area contributed by atoms with Crippen LogP contribution in [0, 0.1) is 0 Å². The van der Waals surface area contributed by atoms with Crippen LogP contribution < -0.4 is 5.32 Å². The predicted molar refractivity (Wildman–Crippen MR) is 121 cm³/mol. The standard InChI is InChI=1S/C22H20Cl3F3N2O2/c1-2-3-4-17(31)12-29-19-7-13(5-6-18(19)25)20-11-21(32-30-20,22(26,27)28)14-8-15(23)10-16(24)9-14/h5-10,29H,2-4,11-12H2,1H3. The number of rotatable bonds is 8. The number of nitrogens with one attached hydrogen (secondary N) is 1. The van der Waals surface area contributed by atoms with Crippen LogP contribution in [0.2, 0.25) is 15.1 Å². The molecule has 0 spiro atoms. The summed E-state index contributed by atoms with van der Waals surface area (Å²) in [5.74, 6) is 0.0174. The van der Waals surface area contributed by atoms with E-state index in [0.29, 0.717) is 22.7 Å². The maximum absolute atomic E-state index is 14.2. The first-order valence-corrected chi connectivity index (χ1v) is 11.0. The van der Waals surface area contributed by atoms with Gasteiger partial charge in [-0.15, -0.1) is 0 Å².